The van der Waals surface area contributed by atoms with Crippen LogP contribution in [0, 0.1) is 11.3 Å². The minimum atomic E-state index is -1.76. The van der Waals surface area contributed by atoms with Gasteiger partial charge in [-0.05, 0) is 29.3 Å². The molecule has 0 bridgehead atoms. The highest BCUT2D eigenvalue weighted by atomic mass is 16.7. The molecular weight excluding hydrogens is 818 g/mol. The maximum absolute atomic E-state index is 12.6. The number of hydrogen-bond donors (Lipinski definition) is 11. The molecule has 4 aliphatic rings. The van der Waals surface area contributed by atoms with Crippen LogP contribution in [-0.2, 0) is 42.7 Å². The summed E-state index contributed by atoms with van der Waals surface area (Å²) < 4.78 is 49.3. The molecule has 11 N–H and O–H groups in total. The molecule has 61 heavy (non-hydrogen) atoms. The maximum Gasteiger partial charge on any atom is 0.331 e. The Morgan fingerprint density at radius 1 is 0.656 bits per heavy atom. The van der Waals surface area contributed by atoms with E-state index in [2.05, 4.69) is 0 Å². The van der Waals surface area contributed by atoms with Crippen LogP contribution in [0.25, 0.3) is 6.08 Å². The molecule has 22 heteroatoms. The lowest BCUT2D eigenvalue weighted by Crippen LogP contribution is -2.61. The third kappa shape index (κ3) is 11.2. The first-order valence-corrected chi connectivity index (χ1v) is 19.2. The number of aliphatic hydroxyl groups is 11. The smallest absolute Gasteiger partial charge is 0.331 e. The number of ether oxygens (including phenoxy) is 9. The number of carbonyl (C=O) groups excluding carboxylic acids is 1. The minimum Gasteiger partial charge on any atom is -0.462 e. The van der Waals surface area contributed by atoms with Crippen LogP contribution in [0.1, 0.15) is 17.2 Å². The fraction of sp³-hybridized carbons (Fsp3) is 0.590. The van der Waals surface area contributed by atoms with Crippen LogP contribution >= 0.6 is 0 Å². The minimum absolute atomic E-state index is 0.144. The molecule has 2 aromatic carbocycles. The average molecular weight is 868 g/mol. The molecule has 4 saturated heterocycles. The molecule has 1 unspecified atom stereocenters. The lowest BCUT2D eigenvalue weighted by molar-refractivity contribution is -0.325. The van der Waals surface area contributed by atoms with E-state index in [1.807, 2.05) is 6.07 Å². The number of hydrogen-bond acceptors (Lipinski definition) is 22. The summed E-state index contributed by atoms with van der Waals surface area (Å²) >= 11 is 0. The van der Waals surface area contributed by atoms with Gasteiger partial charge >= 0.3 is 5.97 Å². The third-order valence-electron chi connectivity index (χ3n) is 10.4. The van der Waals surface area contributed by atoms with Gasteiger partial charge in [-0.15, -0.1) is 0 Å². The second-order valence-electron chi connectivity index (χ2n) is 14.7. The molecule has 4 aliphatic heterocycles. The highest BCUT2D eigenvalue weighted by molar-refractivity contribution is 5.87. The highest BCUT2D eigenvalue weighted by Crippen LogP contribution is 2.30. The Balaban J connectivity index is 0.950. The predicted molar refractivity (Wildman–Crippen MR) is 197 cm³/mol. The Bertz CT molecular complexity index is 1770. The van der Waals surface area contributed by atoms with Gasteiger partial charge < -0.3 is 98.8 Å². The number of carbonyl (C=O) groups is 1. The Kier molecular flexibility index (Phi) is 16.1. The molecule has 0 saturated carbocycles. The summed E-state index contributed by atoms with van der Waals surface area (Å²) in [5, 5.41) is 123. The molecule has 4 heterocycles. The van der Waals surface area contributed by atoms with Crippen molar-refractivity contribution in [2.24, 2.45) is 0 Å². The number of esters is 1. The van der Waals surface area contributed by atoms with E-state index in [1.54, 1.807) is 30.3 Å². The van der Waals surface area contributed by atoms with Crippen molar-refractivity contribution in [3.63, 3.8) is 0 Å². The number of nitrogens with zero attached hydrogens (tertiary/aromatic N) is 1. The van der Waals surface area contributed by atoms with Crippen LogP contribution in [-0.4, -0.2) is 199 Å². The SMILES string of the molecule is N#CC(O[C@@H]1O[C@H](CO[C@@H]2OC[C@@H](OC(=O)/C=C/c3ccc(O[C@@H]4O[C@H](CO[C@@H]5OC[C@@H](O)[C@H](O)[C@H]5O)[C@@H](O)[C@H](O)[C@H]4O)cc3)[C@H](O)[C@H]2O)[C@@H](O)[C@H](O)[C@H]1O)c1ccccc1. The van der Waals surface area contributed by atoms with Gasteiger partial charge in [-0.1, -0.05) is 42.5 Å². The van der Waals surface area contributed by atoms with E-state index in [-0.39, 0.29) is 12.4 Å². The molecule has 2 aromatic rings. The number of benzene rings is 2. The zero-order chi connectivity index (χ0) is 44.0. The summed E-state index contributed by atoms with van der Waals surface area (Å²) in [6.07, 6.45) is -26.9. The van der Waals surface area contributed by atoms with E-state index in [4.69, 9.17) is 42.6 Å². The number of rotatable bonds is 14. The van der Waals surface area contributed by atoms with Crippen molar-refractivity contribution in [1.82, 2.24) is 0 Å². The lowest BCUT2D eigenvalue weighted by Gasteiger charge is -2.42. The van der Waals surface area contributed by atoms with Gasteiger partial charge in [-0.25, -0.2) is 4.79 Å². The second kappa shape index (κ2) is 21.1. The van der Waals surface area contributed by atoms with Crippen molar-refractivity contribution in [2.45, 2.75) is 117 Å². The molecular formula is C39H49NO21. The van der Waals surface area contributed by atoms with Gasteiger partial charge in [0.1, 0.15) is 85.1 Å². The van der Waals surface area contributed by atoms with E-state index >= 15 is 0 Å². The van der Waals surface area contributed by atoms with Gasteiger partial charge in [0.2, 0.25) is 6.29 Å². The third-order valence-corrected chi connectivity index (χ3v) is 10.4. The summed E-state index contributed by atoms with van der Waals surface area (Å²) in [6, 6.07) is 16.2. The molecule has 22 nitrogen and oxygen atoms in total. The van der Waals surface area contributed by atoms with Crippen LogP contribution in [0.3, 0.4) is 0 Å². The molecule has 19 atom stereocenters. The van der Waals surface area contributed by atoms with Crippen molar-refractivity contribution in [3.05, 3.63) is 71.8 Å². The first-order chi connectivity index (χ1) is 29.2. The van der Waals surface area contributed by atoms with E-state index in [9.17, 15) is 66.2 Å². The van der Waals surface area contributed by atoms with Gasteiger partial charge in [0.05, 0.1) is 32.5 Å². The van der Waals surface area contributed by atoms with Gasteiger partial charge in [0.15, 0.2) is 31.1 Å². The van der Waals surface area contributed by atoms with Crippen molar-refractivity contribution in [3.8, 4) is 11.8 Å². The highest BCUT2D eigenvalue weighted by Gasteiger charge is 2.48. The number of aliphatic hydroxyl groups excluding tert-OH is 11. The predicted octanol–water partition coefficient (Wildman–Crippen LogP) is -4.56. The van der Waals surface area contributed by atoms with Crippen LogP contribution in [0.15, 0.2) is 60.7 Å². The quantitative estimate of drug-likeness (QED) is 0.0629. The van der Waals surface area contributed by atoms with Crippen LogP contribution in [0.5, 0.6) is 5.75 Å². The Labute approximate surface area is 347 Å². The molecule has 0 amide bonds. The zero-order valence-corrected chi connectivity index (χ0v) is 32.1. The number of nitriles is 1. The lowest BCUT2D eigenvalue weighted by atomic mass is 9.99. The second-order valence-corrected chi connectivity index (χ2v) is 14.7. The summed E-state index contributed by atoms with van der Waals surface area (Å²) in [6.45, 7) is -1.75. The molecule has 4 fully saturated rings. The van der Waals surface area contributed by atoms with E-state index in [0.717, 1.165) is 6.08 Å². The normalized spacial score (nSPS) is 39.9. The summed E-state index contributed by atoms with van der Waals surface area (Å²) in [7, 11) is 0. The Morgan fingerprint density at radius 3 is 1.80 bits per heavy atom. The summed E-state index contributed by atoms with van der Waals surface area (Å²) in [5.74, 6) is -0.773. The molecule has 6 rings (SSSR count). The van der Waals surface area contributed by atoms with Crippen molar-refractivity contribution >= 4 is 12.0 Å². The average Bonchev–Trinajstić information content (AvgIpc) is 3.26. The molecule has 0 aromatic heterocycles. The van der Waals surface area contributed by atoms with Gasteiger partial charge in [0.25, 0.3) is 0 Å². The Morgan fingerprint density at radius 2 is 1.20 bits per heavy atom. The van der Waals surface area contributed by atoms with Crippen LogP contribution in [0.4, 0.5) is 0 Å². The first kappa shape index (κ1) is 46.7. The Hall–Kier alpha value is -3.78. The largest absolute Gasteiger partial charge is 0.462 e. The topological polar surface area (TPSA) is 346 Å². The van der Waals surface area contributed by atoms with Gasteiger partial charge in [-0.2, -0.15) is 5.26 Å². The molecule has 0 aliphatic carbocycles. The molecule has 0 spiro atoms. The van der Waals surface area contributed by atoms with E-state index < -0.39 is 143 Å². The van der Waals surface area contributed by atoms with E-state index in [0.29, 0.717) is 11.1 Å². The van der Waals surface area contributed by atoms with Crippen LogP contribution in [0.2, 0.25) is 0 Å². The molecule has 336 valence electrons. The first-order valence-electron chi connectivity index (χ1n) is 19.2. The van der Waals surface area contributed by atoms with Crippen molar-refractivity contribution in [1.29, 1.82) is 5.26 Å². The fourth-order valence-corrected chi connectivity index (χ4v) is 6.73. The summed E-state index contributed by atoms with van der Waals surface area (Å²) in [5.41, 5.74) is 0.913. The molecule has 0 radical (unpaired) electrons. The summed E-state index contributed by atoms with van der Waals surface area (Å²) in [4.78, 5) is 12.6. The van der Waals surface area contributed by atoms with Crippen LogP contribution < -0.4 is 4.74 Å². The van der Waals surface area contributed by atoms with E-state index in [1.165, 1.54) is 30.3 Å². The van der Waals surface area contributed by atoms with Gasteiger partial charge in [-0.3, -0.25) is 0 Å². The van der Waals surface area contributed by atoms with Gasteiger partial charge in [0, 0.05) is 6.08 Å². The van der Waals surface area contributed by atoms with Crippen molar-refractivity contribution in [2.75, 3.05) is 26.4 Å². The van der Waals surface area contributed by atoms with Crippen molar-refractivity contribution < 1.29 is 104 Å². The zero-order valence-electron chi connectivity index (χ0n) is 32.1. The monoisotopic (exact) mass is 867 g/mol. The fourth-order valence-electron chi connectivity index (χ4n) is 6.73. The standard InChI is InChI=1S/C39H49NO21/c40-12-21(18-4-2-1-3-5-18)59-39-35(52)31(48)28(45)24(61-39)16-56-37-33(50)29(46)22(14-54-37)58-25(42)11-8-17-6-9-19(10-7-17)57-38-34(51)30(47)27(44)23(60-38)15-55-36-32(49)26(43)20(41)13-53-36/h1-11,20-24,26-39,41,43-52H,13-16H2/b11-8+/t20-,21?,22-,23-,24-,26+,27-,28-,29+,30+,31+,32-,33-,34-,35-,36+,37+,38-,39-/m1/s1. The maximum atomic E-state index is 12.6.